The number of aryl methyl sites for hydroxylation is 1. The Morgan fingerprint density at radius 1 is 1.14 bits per heavy atom. The maximum absolute atomic E-state index is 5.08. The van der Waals surface area contributed by atoms with E-state index in [9.17, 15) is 0 Å². The minimum atomic E-state index is 0.678. The van der Waals surface area contributed by atoms with Crippen molar-refractivity contribution in [3.63, 3.8) is 0 Å². The lowest BCUT2D eigenvalue weighted by Gasteiger charge is -2.36. The second-order valence-electron chi connectivity index (χ2n) is 5.50. The molecule has 1 aliphatic heterocycles. The lowest BCUT2D eigenvalue weighted by atomic mass is 10.1. The third kappa shape index (κ3) is 3.39. The molecule has 2 aromatic rings. The summed E-state index contributed by atoms with van der Waals surface area (Å²) in [4.78, 5) is 9.41. The first kappa shape index (κ1) is 15.2. The van der Waals surface area contributed by atoms with Gasteiger partial charge >= 0.3 is 0 Å². The number of hydrogen-bond acceptors (Lipinski definition) is 6. The van der Waals surface area contributed by atoms with Gasteiger partial charge in [-0.1, -0.05) is 18.2 Å². The summed E-state index contributed by atoms with van der Waals surface area (Å²) in [5, 5.41) is 1.04. The number of piperazine rings is 1. The average molecular weight is 318 g/mol. The fourth-order valence-corrected chi connectivity index (χ4v) is 3.49. The molecule has 2 heterocycles. The van der Waals surface area contributed by atoms with Gasteiger partial charge in [0.05, 0.1) is 6.61 Å². The molecule has 0 saturated carbocycles. The Balaban J connectivity index is 1.60. The van der Waals surface area contributed by atoms with Crippen LogP contribution in [0.2, 0.25) is 0 Å². The van der Waals surface area contributed by atoms with Crippen molar-refractivity contribution in [3.05, 3.63) is 35.7 Å². The number of rotatable bonds is 5. The molecule has 0 spiro atoms. The first-order valence-corrected chi connectivity index (χ1v) is 8.42. The van der Waals surface area contributed by atoms with E-state index in [4.69, 9.17) is 4.74 Å². The number of hydrogen-bond donors (Lipinski definition) is 0. The zero-order chi connectivity index (χ0) is 15.4. The molecule has 22 heavy (non-hydrogen) atoms. The van der Waals surface area contributed by atoms with Crippen molar-refractivity contribution in [2.45, 2.75) is 13.3 Å². The second-order valence-corrected chi connectivity index (χ2v) is 6.23. The van der Waals surface area contributed by atoms with Crippen LogP contribution >= 0.6 is 11.5 Å². The van der Waals surface area contributed by atoms with Crippen LogP contribution in [0, 0.1) is 6.92 Å². The van der Waals surface area contributed by atoms with Gasteiger partial charge in [-0.15, -0.1) is 0 Å². The zero-order valence-corrected chi connectivity index (χ0v) is 14.0. The molecular weight excluding hydrogens is 296 g/mol. The van der Waals surface area contributed by atoms with E-state index in [1.165, 1.54) is 22.8 Å². The number of methoxy groups -OCH3 is 1. The van der Waals surface area contributed by atoms with Crippen molar-refractivity contribution in [1.29, 1.82) is 0 Å². The molecule has 1 aliphatic rings. The first-order chi connectivity index (χ1) is 10.8. The van der Waals surface area contributed by atoms with Crippen LogP contribution in [0.1, 0.15) is 11.4 Å². The maximum atomic E-state index is 5.08. The summed E-state index contributed by atoms with van der Waals surface area (Å²) in [7, 11) is 1.71. The van der Waals surface area contributed by atoms with E-state index in [2.05, 4.69) is 50.3 Å². The molecule has 0 N–H and O–H groups in total. The van der Waals surface area contributed by atoms with Gasteiger partial charge in [0.15, 0.2) is 0 Å². The largest absolute Gasteiger partial charge is 0.384 e. The van der Waals surface area contributed by atoms with Gasteiger partial charge in [-0.25, -0.2) is 4.98 Å². The Morgan fingerprint density at radius 2 is 1.86 bits per heavy atom. The van der Waals surface area contributed by atoms with Crippen molar-refractivity contribution >= 4 is 22.4 Å². The van der Waals surface area contributed by atoms with Crippen LogP contribution in [0.3, 0.4) is 0 Å². The van der Waals surface area contributed by atoms with Gasteiger partial charge in [-0.3, -0.25) is 0 Å². The number of nitrogens with zero attached hydrogens (tertiary/aromatic N) is 4. The Kier molecular flexibility index (Phi) is 4.90. The summed E-state index contributed by atoms with van der Waals surface area (Å²) in [6.07, 6.45) is 0.788. The molecule has 1 aromatic carbocycles. The minimum Gasteiger partial charge on any atom is -0.384 e. The van der Waals surface area contributed by atoms with E-state index in [-0.39, 0.29) is 0 Å². The highest BCUT2D eigenvalue weighted by Gasteiger charge is 2.20. The highest BCUT2D eigenvalue weighted by Crippen LogP contribution is 2.24. The van der Waals surface area contributed by atoms with Crippen LogP contribution in [0.5, 0.6) is 0 Å². The van der Waals surface area contributed by atoms with E-state index in [0.717, 1.165) is 43.6 Å². The van der Waals surface area contributed by atoms with Crippen LogP contribution in [-0.2, 0) is 11.2 Å². The number of benzene rings is 1. The summed E-state index contributed by atoms with van der Waals surface area (Å²) in [6.45, 7) is 6.89. The highest BCUT2D eigenvalue weighted by atomic mass is 32.1. The van der Waals surface area contributed by atoms with E-state index in [0.29, 0.717) is 6.61 Å². The Morgan fingerprint density at radius 3 is 2.59 bits per heavy atom. The third-order valence-electron chi connectivity index (χ3n) is 3.99. The molecule has 0 radical (unpaired) electrons. The van der Waals surface area contributed by atoms with Gasteiger partial charge < -0.3 is 14.5 Å². The predicted octanol–water partition coefficient (Wildman–Crippen LogP) is 2.36. The normalized spacial score (nSPS) is 15.4. The van der Waals surface area contributed by atoms with Gasteiger partial charge in [-0.05, 0) is 18.6 Å². The summed E-state index contributed by atoms with van der Waals surface area (Å²) in [6, 6.07) is 8.59. The summed E-state index contributed by atoms with van der Waals surface area (Å²) < 4.78 is 9.49. The average Bonchev–Trinajstić information content (AvgIpc) is 3.02. The van der Waals surface area contributed by atoms with Crippen LogP contribution in [0.15, 0.2) is 24.3 Å². The number of anilines is 2. The van der Waals surface area contributed by atoms with E-state index >= 15 is 0 Å². The molecule has 0 atom stereocenters. The van der Waals surface area contributed by atoms with Crippen LogP contribution in [0.25, 0.3) is 0 Å². The Hall–Kier alpha value is -1.66. The first-order valence-electron chi connectivity index (χ1n) is 7.65. The van der Waals surface area contributed by atoms with Crippen molar-refractivity contribution in [1.82, 2.24) is 9.36 Å². The molecule has 0 amide bonds. The van der Waals surface area contributed by atoms with Gasteiger partial charge in [0, 0.05) is 56.9 Å². The van der Waals surface area contributed by atoms with Gasteiger partial charge in [0.25, 0.3) is 0 Å². The molecule has 3 rings (SSSR count). The summed E-state index contributed by atoms with van der Waals surface area (Å²) >= 11 is 1.50. The number of ether oxygens (including phenoxy) is 1. The summed E-state index contributed by atoms with van der Waals surface area (Å²) in [5.74, 6) is 0.892. The molecule has 5 nitrogen and oxygen atoms in total. The smallest absolute Gasteiger partial charge is 0.205 e. The molecule has 1 fully saturated rings. The van der Waals surface area contributed by atoms with Crippen molar-refractivity contribution in [3.8, 4) is 0 Å². The SMILES string of the molecule is COCCc1nsc(N2CCN(c3ccccc3C)CC2)n1. The van der Waals surface area contributed by atoms with E-state index in [1.54, 1.807) is 7.11 Å². The fraction of sp³-hybridized carbons (Fsp3) is 0.500. The van der Waals surface area contributed by atoms with Crippen LogP contribution in [0.4, 0.5) is 10.8 Å². The van der Waals surface area contributed by atoms with Gasteiger partial charge in [0.1, 0.15) is 5.82 Å². The molecule has 118 valence electrons. The molecule has 0 bridgehead atoms. The maximum Gasteiger partial charge on any atom is 0.205 e. The molecule has 1 aromatic heterocycles. The van der Waals surface area contributed by atoms with Gasteiger partial charge in [0.2, 0.25) is 5.13 Å². The lowest BCUT2D eigenvalue weighted by molar-refractivity contribution is 0.201. The van der Waals surface area contributed by atoms with Crippen molar-refractivity contribution < 1.29 is 4.74 Å². The molecule has 0 aliphatic carbocycles. The monoisotopic (exact) mass is 318 g/mol. The Bertz CT molecular complexity index is 608. The standard InChI is InChI=1S/C16H22N4OS/c1-13-5-3-4-6-14(13)19-8-10-20(11-9-19)16-17-15(18-22-16)7-12-21-2/h3-6H,7-12H2,1-2H3. The quantitative estimate of drug-likeness (QED) is 0.846. The molecule has 6 heteroatoms. The van der Waals surface area contributed by atoms with Crippen LogP contribution < -0.4 is 9.80 Å². The van der Waals surface area contributed by atoms with E-state index in [1.807, 2.05) is 0 Å². The van der Waals surface area contributed by atoms with Crippen molar-refractivity contribution in [2.24, 2.45) is 0 Å². The molecule has 0 unspecified atom stereocenters. The van der Waals surface area contributed by atoms with Gasteiger partial charge in [-0.2, -0.15) is 4.37 Å². The molecular formula is C16H22N4OS. The zero-order valence-electron chi connectivity index (χ0n) is 13.2. The Labute approximate surface area is 135 Å². The highest BCUT2D eigenvalue weighted by molar-refractivity contribution is 7.09. The van der Waals surface area contributed by atoms with Crippen molar-refractivity contribution in [2.75, 3.05) is 49.7 Å². The number of para-hydroxylation sites is 1. The predicted molar refractivity (Wildman–Crippen MR) is 91.1 cm³/mol. The van der Waals surface area contributed by atoms with Crippen LogP contribution in [-0.4, -0.2) is 49.3 Å². The fourth-order valence-electron chi connectivity index (χ4n) is 2.72. The second kappa shape index (κ2) is 7.07. The third-order valence-corrected chi connectivity index (χ3v) is 4.81. The van der Waals surface area contributed by atoms with E-state index < -0.39 is 0 Å². The molecule has 1 saturated heterocycles. The number of aromatic nitrogens is 2. The summed E-state index contributed by atoms with van der Waals surface area (Å²) in [5.41, 5.74) is 2.69. The topological polar surface area (TPSA) is 41.5 Å². The minimum absolute atomic E-state index is 0.678. The lowest BCUT2D eigenvalue weighted by Crippen LogP contribution is -2.46.